The van der Waals surface area contributed by atoms with E-state index in [4.69, 9.17) is 4.74 Å². The van der Waals surface area contributed by atoms with Crippen LogP contribution >= 0.6 is 11.8 Å². The Bertz CT molecular complexity index is 730. The Kier molecular flexibility index (Phi) is 5.94. The first kappa shape index (κ1) is 19.9. The van der Waals surface area contributed by atoms with Crippen molar-refractivity contribution in [2.45, 2.75) is 43.4 Å². The number of carbonyl (C=O) groups excluding carboxylic acids is 1. The zero-order valence-corrected chi connectivity index (χ0v) is 16.6. The number of amides is 1. The molecule has 2 N–H and O–H groups in total. The molecule has 1 aromatic heterocycles. The van der Waals surface area contributed by atoms with Crippen molar-refractivity contribution in [3.63, 3.8) is 0 Å². The van der Waals surface area contributed by atoms with Gasteiger partial charge in [0.15, 0.2) is 0 Å². The number of nitriles is 1. The van der Waals surface area contributed by atoms with E-state index in [1.54, 1.807) is 18.3 Å². The number of pyridine rings is 1. The summed E-state index contributed by atoms with van der Waals surface area (Å²) in [6.45, 7) is 3.67. The quantitative estimate of drug-likeness (QED) is 0.800. The van der Waals surface area contributed by atoms with Gasteiger partial charge in [-0.25, -0.2) is 4.98 Å². The van der Waals surface area contributed by atoms with Gasteiger partial charge >= 0.3 is 0 Å². The molecule has 0 bridgehead atoms. The lowest BCUT2D eigenvalue weighted by atomic mass is 9.73. The van der Waals surface area contributed by atoms with E-state index in [1.807, 2.05) is 13.2 Å². The number of aromatic nitrogens is 1. The Morgan fingerprint density at radius 2 is 2.26 bits per heavy atom. The average Bonchev–Trinajstić information content (AvgIpc) is 2.67. The summed E-state index contributed by atoms with van der Waals surface area (Å²) in [7, 11) is 0. The Morgan fingerprint density at radius 3 is 2.93 bits per heavy atom. The number of piperidine rings is 1. The normalized spacial score (nSPS) is 27.2. The highest BCUT2D eigenvalue weighted by Gasteiger charge is 2.53. The molecular formula is C19H26N4O3S. The summed E-state index contributed by atoms with van der Waals surface area (Å²) < 4.78 is 6.08. The van der Waals surface area contributed by atoms with E-state index >= 15 is 0 Å². The number of anilines is 1. The minimum atomic E-state index is -0.786. The Labute approximate surface area is 164 Å². The molecule has 0 unspecified atom stereocenters. The molecule has 7 nitrogen and oxygen atoms in total. The van der Waals surface area contributed by atoms with Crippen molar-refractivity contribution in [1.29, 1.82) is 5.26 Å². The standard InChI is InChI=1S/C19H26N4O3S/c1-18(22-15(24)13-27-2)7-11-26-19(17(18)25)5-9-23(10-6-19)16-14(12-20)4-3-8-21-16/h3-4,8,17,25H,5-7,9-11,13H2,1-2H3,(H,22,24)/t17-,18+/m0/s1. The second kappa shape index (κ2) is 8.05. The lowest BCUT2D eigenvalue weighted by Gasteiger charge is -2.53. The number of hydrogen-bond donors (Lipinski definition) is 2. The third-order valence-electron chi connectivity index (χ3n) is 5.63. The highest BCUT2D eigenvalue weighted by Crippen LogP contribution is 2.40. The molecule has 2 saturated heterocycles. The van der Waals surface area contributed by atoms with Gasteiger partial charge in [0.1, 0.15) is 18.0 Å². The monoisotopic (exact) mass is 390 g/mol. The van der Waals surface area contributed by atoms with Crippen LogP contribution < -0.4 is 10.2 Å². The summed E-state index contributed by atoms with van der Waals surface area (Å²) >= 11 is 1.46. The molecular weight excluding hydrogens is 364 g/mol. The van der Waals surface area contributed by atoms with Crippen LogP contribution in [-0.4, -0.2) is 64.9 Å². The van der Waals surface area contributed by atoms with Crippen LogP contribution in [0.3, 0.4) is 0 Å². The molecule has 8 heteroatoms. The fourth-order valence-electron chi connectivity index (χ4n) is 4.13. The van der Waals surface area contributed by atoms with Crippen molar-refractivity contribution in [3.8, 4) is 6.07 Å². The van der Waals surface area contributed by atoms with Crippen LogP contribution in [0.4, 0.5) is 5.82 Å². The summed E-state index contributed by atoms with van der Waals surface area (Å²) in [5, 5.41) is 23.5. The Hall–Kier alpha value is -1.82. The summed E-state index contributed by atoms with van der Waals surface area (Å²) in [6, 6.07) is 5.70. The SMILES string of the molecule is CSCC(=O)N[C@]1(C)CCOC2(CCN(c3ncccc3C#N)CC2)[C@H]1O. The van der Waals surface area contributed by atoms with Gasteiger partial charge in [0.2, 0.25) is 5.91 Å². The first-order valence-corrected chi connectivity index (χ1v) is 10.6. The van der Waals surface area contributed by atoms with E-state index in [-0.39, 0.29) is 5.91 Å². The van der Waals surface area contributed by atoms with E-state index in [0.29, 0.717) is 56.1 Å². The van der Waals surface area contributed by atoms with Crippen molar-refractivity contribution < 1.29 is 14.6 Å². The zero-order valence-electron chi connectivity index (χ0n) is 15.8. The lowest BCUT2D eigenvalue weighted by Crippen LogP contribution is -2.69. The average molecular weight is 391 g/mol. The van der Waals surface area contributed by atoms with Crippen LogP contribution in [0.15, 0.2) is 18.3 Å². The topological polar surface area (TPSA) is 98.5 Å². The lowest BCUT2D eigenvalue weighted by molar-refractivity contribution is -0.198. The van der Waals surface area contributed by atoms with E-state index in [2.05, 4.69) is 21.3 Å². The number of aliphatic hydroxyl groups excluding tert-OH is 1. The highest BCUT2D eigenvalue weighted by atomic mass is 32.2. The van der Waals surface area contributed by atoms with E-state index in [9.17, 15) is 15.2 Å². The van der Waals surface area contributed by atoms with Gasteiger partial charge in [-0.1, -0.05) is 0 Å². The molecule has 2 fully saturated rings. The first-order chi connectivity index (χ1) is 12.9. The largest absolute Gasteiger partial charge is 0.388 e. The van der Waals surface area contributed by atoms with Crippen molar-refractivity contribution in [2.75, 3.05) is 36.6 Å². The van der Waals surface area contributed by atoms with Gasteiger partial charge in [-0.15, -0.1) is 0 Å². The summed E-state index contributed by atoms with van der Waals surface area (Å²) in [5.41, 5.74) is -0.832. The van der Waals surface area contributed by atoms with Crippen molar-refractivity contribution in [1.82, 2.24) is 10.3 Å². The molecule has 2 aliphatic rings. The molecule has 0 aromatic carbocycles. The van der Waals surface area contributed by atoms with Gasteiger partial charge in [0.05, 0.1) is 22.5 Å². The van der Waals surface area contributed by atoms with Gasteiger partial charge in [-0.05, 0) is 44.6 Å². The second-order valence-corrected chi connectivity index (χ2v) is 8.30. The predicted octanol–water partition coefficient (Wildman–Crippen LogP) is 1.31. The molecule has 0 radical (unpaired) electrons. The molecule has 0 saturated carbocycles. The van der Waals surface area contributed by atoms with Crippen LogP contribution in [0.1, 0.15) is 31.7 Å². The molecule has 1 spiro atoms. The molecule has 2 atom stereocenters. The fraction of sp³-hybridized carbons (Fsp3) is 0.632. The molecule has 146 valence electrons. The van der Waals surface area contributed by atoms with Gasteiger partial charge in [0, 0.05) is 25.9 Å². The van der Waals surface area contributed by atoms with Gasteiger partial charge < -0.3 is 20.1 Å². The van der Waals surface area contributed by atoms with Crippen molar-refractivity contribution in [3.05, 3.63) is 23.9 Å². The third kappa shape index (κ3) is 3.91. The molecule has 3 rings (SSSR count). The molecule has 3 heterocycles. The Morgan fingerprint density at radius 1 is 1.52 bits per heavy atom. The van der Waals surface area contributed by atoms with Crippen LogP contribution in [0.2, 0.25) is 0 Å². The summed E-state index contributed by atoms with van der Waals surface area (Å²) in [4.78, 5) is 18.5. The number of nitrogens with zero attached hydrogens (tertiary/aromatic N) is 3. The number of rotatable bonds is 4. The molecule has 2 aliphatic heterocycles. The highest BCUT2D eigenvalue weighted by molar-refractivity contribution is 7.99. The maximum absolute atomic E-state index is 12.1. The van der Waals surface area contributed by atoms with Gasteiger partial charge in [0.25, 0.3) is 0 Å². The maximum Gasteiger partial charge on any atom is 0.230 e. The van der Waals surface area contributed by atoms with Crippen LogP contribution in [0, 0.1) is 11.3 Å². The fourth-order valence-corrected chi connectivity index (χ4v) is 4.46. The number of ether oxygens (including phenoxy) is 1. The first-order valence-electron chi connectivity index (χ1n) is 9.16. The van der Waals surface area contributed by atoms with Crippen LogP contribution in [0.25, 0.3) is 0 Å². The molecule has 1 aromatic rings. The van der Waals surface area contributed by atoms with E-state index in [0.717, 1.165) is 0 Å². The second-order valence-electron chi connectivity index (χ2n) is 7.44. The zero-order chi connectivity index (χ0) is 19.5. The predicted molar refractivity (Wildman–Crippen MR) is 105 cm³/mol. The number of hydrogen-bond acceptors (Lipinski definition) is 7. The molecule has 27 heavy (non-hydrogen) atoms. The van der Waals surface area contributed by atoms with Gasteiger partial charge in [-0.2, -0.15) is 17.0 Å². The number of nitrogens with one attached hydrogen (secondary N) is 1. The van der Waals surface area contributed by atoms with Crippen LogP contribution in [-0.2, 0) is 9.53 Å². The summed E-state index contributed by atoms with van der Waals surface area (Å²) in [6.07, 6.45) is 4.59. The van der Waals surface area contributed by atoms with E-state index in [1.165, 1.54) is 11.8 Å². The minimum absolute atomic E-state index is 0.0642. The third-order valence-corrected chi connectivity index (χ3v) is 6.18. The smallest absolute Gasteiger partial charge is 0.230 e. The number of carbonyl (C=O) groups is 1. The van der Waals surface area contributed by atoms with Crippen molar-refractivity contribution >= 4 is 23.5 Å². The molecule has 1 amide bonds. The van der Waals surface area contributed by atoms with Crippen molar-refractivity contribution in [2.24, 2.45) is 0 Å². The van der Waals surface area contributed by atoms with Crippen LogP contribution in [0.5, 0.6) is 0 Å². The minimum Gasteiger partial charge on any atom is -0.388 e. The van der Waals surface area contributed by atoms with E-state index < -0.39 is 17.2 Å². The number of aliphatic hydroxyl groups is 1. The van der Waals surface area contributed by atoms with Gasteiger partial charge in [-0.3, -0.25) is 4.79 Å². The Balaban J connectivity index is 1.72. The maximum atomic E-state index is 12.1. The number of thioether (sulfide) groups is 1. The molecule has 0 aliphatic carbocycles. The summed E-state index contributed by atoms with van der Waals surface area (Å²) in [5.74, 6) is 0.988.